The minimum Gasteiger partial charge on any atom is -0.323 e. The van der Waals surface area contributed by atoms with Crippen LogP contribution in [0.25, 0.3) is 10.2 Å². The van der Waals surface area contributed by atoms with Crippen molar-refractivity contribution in [3.05, 3.63) is 47.5 Å². The Balaban J connectivity index is 1.50. The van der Waals surface area contributed by atoms with E-state index in [-0.39, 0.29) is 11.8 Å². The molecular weight excluding hydrogens is 366 g/mol. The van der Waals surface area contributed by atoms with Gasteiger partial charge in [0.15, 0.2) is 4.87 Å². The average molecular weight is 381 g/mol. The average Bonchev–Trinajstić information content (AvgIpc) is 3.25. The molecule has 0 spiro atoms. The zero-order chi connectivity index (χ0) is 17.9. The van der Waals surface area contributed by atoms with Crippen LogP contribution in [0.2, 0.25) is 0 Å². The van der Waals surface area contributed by atoms with Crippen molar-refractivity contribution in [1.29, 1.82) is 0 Å². The van der Waals surface area contributed by atoms with E-state index in [1.807, 2.05) is 49.4 Å². The maximum Gasteiger partial charge on any atom is 0.261 e. The number of anilines is 2. The van der Waals surface area contributed by atoms with Crippen molar-refractivity contribution in [3.8, 4) is 0 Å². The predicted octanol–water partition coefficient (Wildman–Crippen LogP) is 4.17. The number of thiazole rings is 1. The van der Waals surface area contributed by atoms with Crippen LogP contribution in [0.1, 0.15) is 17.8 Å². The van der Waals surface area contributed by atoms with Crippen molar-refractivity contribution in [3.63, 3.8) is 0 Å². The van der Waals surface area contributed by atoms with Gasteiger partial charge < -0.3 is 5.32 Å². The van der Waals surface area contributed by atoms with E-state index >= 15 is 0 Å². The number of carbonyl (C=O) groups is 2. The van der Waals surface area contributed by atoms with Crippen molar-refractivity contribution in [1.82, 2.24) is 4.98 Å². The Bertz CT molecular complexity index is 1080. The summed E-state index contributed by atoms with van der Waals surface area (Å²) in [5, 5.41) is 4.02. The smallest absolute Gasteiger partial charge is 0.261 e. The lowest BCUT2D eigenvalue weighted by Gasteiger charge is -2.29. The summed E-state index contributed by atoms with van der Waals surface area (Å²) < 4.78 is 1.04. The molecule has 2 aliphatic rings. The second kappa shape index (κ2) is 5.56. The summed E-state index contributed by atoms with van der Waals surface area (Å²) in [5.74, 6) is -0.142. The topological polar surface area (TPSA) is 62.3 Å². The Hall–Kier alpha value is -2.38. The number of rotatable bonds is 2. The molecule has 3 aromatic rings. The second-order valence-electron chi connectivity index (χ2n) is 6.45. The first-order chi connectivity index (χ1) is 12.6. The molecule has 5 rings (SSSR count). The molecule has 2 aliphatic heterocycles. The van der Waals surface area contributed by atoms with E-state index in [2.05, 4.69) is 10.3 Å². The van der Waals surface area contributed by atoms with E-state index in [9.17, 15) is 9.59 Å². The number of aryl methyl sites for hydroxylation is 1. The Morgan fingerprint density at radius 2 is 2.12 bits per heavy atom. The summed E-state index contributed by atoms with van der Waals surface area (Å²) in [4.78, 5) is 31.9. The van der Waals surface area contributed by atoms with Crippen LogP contribution < -0.4 is 10.2 Å². The Morgan fingerprint density at radius 3 is 3.00 bits per heavy atom. The summed E-state index contributed by atoms with van der Waals surface area (Å²) >= 11 is 3.08. The molecule has 5 nitrogen and oxygen atoms in total. The van der Waals surface area contributed by atoms with Crippen LogP contribution in [0, 0.1) is 6.92 Å². The molecule has 0 radical (unpaired) electrons. The lowest BCUT2D eigenvalue weighted by atomic mass is 10.1. The Labute approximate surface area is 158 Å². The first kappa shape index (κ1) is 15.8. The van der Waals surface area contributed by atoms with Crippen molar-refractivity contribution in [2.45, 2.75) is 29.5 Å². The molecule has 1 fully saturated rings. The SMILES string of the molecule is Cc1nc2ccc(NC(=O)C34CCC(=O)N3c3ccccc3S4)cc2s1. The molecule has 0 bridgehead atoms. The van der Waals surface area contributed by atoms with Crippen LogP contribution >= 0.6 is 23.1 Å². The number of fused-ring (bicyclic) bond motifs is 4. The van der Waals surface area contributed by atoms with Gasteiger partial charge in [0, 0.05) is 17.0 Å². The zero-order valence-corrected chi connectivity index (χ0v) is 15.6. The highest BCUT2D eigenvalue weighted by molar-refractivity contribution is 8.02. The molecule has 1 saturated heterocycles. The van der Waals surface area contributed by atoms with Crippen LogP contribution in [-0.4, -0.2) is 21.7 Å². The monoisotopic (exact) mass is 381 g/mol. The van der Waals surface area contributed by atoms with Crippen LogP contribution in [0.15, 0.2) is 47.4 Å². The van der Waals surface area contributed by atoms with Gasteiger partial charge in [-0.15, -0.1) is 11.3 Å². The van der Waals surface area contributed by atoms with Gasteiger partial charge in [-0.25, -0.2) is 4.98 Å². The second-order valence-corrected chi connectivity index (χ2v) is 9.01. The largest absolute Gasteiger partial charge is 0.323 e. The van der Waals surface area contributed by atoms with Crippen LogP contribution in [0.4, 0.5) is 11.4 Å². The molecule has 1 N–H and O–H groups in total. The maximum absolute atomic E-state index is 13.2. The fourth-order valence-corrected chi connectivity index (χ4v) is 5.92. The minimum absolute atomic E-state index is 0.00568. The first-order valence-corrected chi connectivity index (χ1v) is 10.00. The molecule has 7 heteroatoms. The molecular formula is C19H15N3O2S2. The van der Waals surface area contributed by atoms with Gasteiger partial charge in [0.2, 0.25) is 5.91 Å². The predicted molar refractivity (Wildman–Crippen MR) is 105 cm³/mol. The number of carbonyl (C=O) groups excluding carboxylic acids is 2. The summed E-state index contributed by atoms with van der Waals surface area (Å²) in [5.41, 5.74) is 2.50. The van der Waals surface area contributed by atoms with Crippen molar-refractivity contribution in [2.75, 3.05) is 10.2 Å². The van der Waals surface area contributed by atoms with Crippen LogP contribution in [0.3, 0.4) is 0 Å². The fourth-order valence-electron chi connectivity index (χ4n) is 3.64. The Morgan fingerprint density at radius 1 is 1.27 bits per heavy atom. The van der Waals surface area contributed by atoms with Crippen molar-refractivity contribution in [2.24, 2.45) is 0 Å². The highest BCUT2D eigenvalue weighted by Gasteiger charge is 2.57. The normalized spacial score (nSPS) is 21.1. The number of amides is 2. The van der Waals surface area contributed by atoms with Gasteiger partial charge in [0.1, 0.15) is 0 Å². The Kier molecular flexibility index (Phi) is 3.39. The highest BCUT2D eigenvalue weighted by atomic mass is 32.2. The van der Waals surface area contributed by atoms with Crippen LogP contribution in [-0.2, 0) is 9.59 Å². The van der Waals surface area contributed by atoms with Gasteiger partial charge in [-0.05, 0) is 43.7 Å². The van der Waals surface area contributed by atoms with Gasteiger partial charge in [-0.3, -0.25) is 14.5 Å². The van der Waals surface area contributed by atoms with Gasteiger partial charge >= 0.3 is 0 Å². The number of nitrogens with zero attached hydrogens (tertiary/aromatic N) is 2. The summed E-state index contributed by atoms with van der Waals surface area (Å²) in [6.45, 7) is 1.97. The molecule has 0 saturated carbocycles. The first-order valence-electron chi connectivity index (χ1n) is 8.37. The van der Waals surface area contributed by atoms with Gasteiger partial charge in [-0.1, -0.05) is 23.9 Å². The molecule has 3 heterocycles. The summed E-state index contributed by atoms with van der Waals surface area (Å²) in [6, 6.07) is 13.4. The van der Waals surface area contributed by atoms with Gasteiger partial charge in [-0.2, -0.15) is 0 Å². The van der Waals surface area contributed by atoms with Crippen molar-refractivity contribution < 1.29 is 9.59 Å². The number of aromatic nitrogens is 1. The number of benzene rings is 2. The minimum atomic E-state index is -0.890. The third kappa shape index (κ3) is 2.20. The molecule has 130 valence electrons. The number of hydrogen-bond acceptors (Lipinski definition) is 5. The molecule has 0 aliphatic carbocycles. The zero-order valence-electron chi connectivity index (χ0n) is 14.0. The summed E-state index contributed by atoms with van der Waals surface area (Å²) in [7, 11) is 0. The highest BCUT2D eigenvalue weighted by Crippen LogP contribution is 2.56. The van der Waals surface area contributed by atoms with E-state index in [0.717, 1.165) is 31.5 Å². The molecule has 26 heavy (non-hydrogen) atoms. The number of nitrogens with one attached hydrogen (secondary N) is 1. The third-order valence-electron chi connectivity index (χ3n) is 4.78. The van der Waals surface area contributed by atoms with E-state index < -0.39 is 4.87 Å². The van der Waals surface area contributed by atoms with E-state index in [4.69, 9.17) is 0 Å². The summed E-state index contributed by atoms with van der Waals surface area (Å²) in [6.07, 6.45) is 0.904. The molecule has 1 unspecified atom stereocenters. The number of hydrogen-bond donors (Lipinski definition) is 1. The van der Waals surface area contributed by atoms with E-state index in [0.29, 0.717) is 12.8 Å². The quantitative estimate of drug-likeness (QED) is 0.724. The number of thioether (sulfide) groups is 1. The standard InChI is InChI=1S/C19H15N3O2S2/c1-11-20-13-7-6-12(10-16(13)25-11)21-18(24)19-9-8-17(23)22(19)14-4-2-3-5-15(14)26-19/h2-7,10H,8-9H2,1H3,(H,21,24). The lowest BCUT2D eigenvalue weighted by molar-refractivity contribution is -0.121. The fraction of sp³-hybridized carbons (Fsp3) is 0.211. The molecule has 1 aromatic heterocycles. The molecule has 2 amide bonds. The van der Waals surface area contributed by atoms with Gasteiger partial charge in [0.25, 0.3) is 5.91 Å². The van der Waals surface area contributed by atoms with E-state index in [1.165, 1.54) is 11.8 Å². The maximum atomic E-state index is 13.2. The van der Waals surface area contributed by atoms with E-state index in [1.54, 1.807) is 16.2 Å². The van der Waals surface area contributed by atoms with Crippen molar-refractivity contribution >= 4 is 56.5 Å². The third-order valence-corrected chi connectivity index (χ3v) is 7.19. The lowest BCUT2D eigenvalue weighted by Crippen LogP contribution is -2.49. The van der Waals surface area contributed by atoms with Crippen LogP contribution in [0.5, 0.6) is 0 Å². The molecule has 2 aromatic carbocycles. The molecule has 1 atom stereocenters. The van der Waals surface area contributed by atoms with Gasteiger partial charge in [0.05, 0.1) is 20.9 Å². The number of para-hydroxylation sites is 1.